The molecule has 0 radical (unpaired) electrons. The maximum Gasteiger partial charge on any atom is 0.166 e. The van der Waals surface area contributed by atoms with E-state index in [9.17, 15) is 0 Å². The highest BCUT2D eigenvalue weighted by molar-refractivity contribution is 5.45. The lowest BCUT2D eigenvalue weighted by molar-refractivity contribution is 0.763. The Bertz CT molecular complexity index is 211. The number of aromatic nitrogens is 3. The van der Waals surface area contributed by atoms with Crippen molar-refractivity contribution in [2.45, 2.75) is 0 Å². The van der Waals surface area contributed by atoms with E-state index in [1.807, 2.05) is 0 Å². The monoisotopic (exact) mass is 122 g/mol. The zero-order valence-corrected chi connectivity index (χ0v) is 4.86. The Kier molecular flexibility index (Phi) is 1.40. The molecule has 0 spiro atoms. The van der Waals surface area contributed by atoms with E-state index in [1.54, 1.807) is 12.4 Å². The van der Waals surface area contributed by atoms with Gasteiger partial charge in [-0.2, -0.15) is 10.2 Å². The summed E-state index contributed by atoms with van der Waals surface area (Å²) in [4.78, 5) is 4.82. The largest absolute Gasteiger partial charge is 0.244 e. The van der Waals surface area contributed by atoms with Crippen molar-refractivity contribution < 1.29 is 0 Å². The van der Waals surface area contributed by atoms with Gasteiger partial charge < -0.3 is 0 Å². The van der Waals surface area contributed by atoms with Gasteiger partial charge in [0.05, 0.1) is 12.4 Å². The van der Waals surface area contributed by atoms with Crippen molar-refractivity contribution in [3.8, 4) is 0 Å². The van der Waals surface area contributed by atoms with Crippen LogP contribution in [-0.2, 0) is 0 Å². The van der Waals surface area contributed by atoms with E-state index in [0.717, 1.165) is 0 Å². The predicted molar refractivity (Wildman–Crippen MR) is 34.9 cm³/mol. The third kappa shape index (κ3) is 1.02. The van der Waals surface area contributed by atoms with Crippen molar-refractivity contribution in [3.05, 3.63) is 19.0 Å². The first-order valence-electron chi connectivity index (χ1n) is 2.37. The van der Waals surface area contributed by atoms with E-state index < -0.39 is 0 Å². The summed E-state index contributed by atoms with van der Waals surface area (Å²) in [6.45, 7) is 6.79. The molecule has 0 saturated heterocycles. The first kappa shape index (κ1) is 5.68. The van der Waals surface area contributed by atoms with E-state index in [2.05, 4.69) is 28.5 Å². The van der Waals surface area contributed by atoms with Gasteiger partial charge in [0.15, 0.2) is 5.82 Å². The Hall–Kier alpha value is -1.45. The molecule has 0 aromatic carbocycles. The Morgan fingerprint density at radius 1 is 1.44 bits per heavy atom. The van der Waals surface area contributed by atoms with Crippen LogP contribution in [0.3, 0.4) is 0 Å². The highest BCUT2D eigenvalue weighted by Crippen LogP contribution is 1.93. The van der Waals surface area contributed by atoms with Crippen LogP contribution in [0.4, 0.5) is 0 Å². The SMILES string of the molecule is C=NC(=C)n1nccn1. The molecule has 1 rings (SSSR count). The van der Waals surface area contributed by atoms with Crippen molar-refractivity contribution in [2.24, 2.45) is 4.99 Å². The average Bonchev–Trinajstić information content (AvgIpc) is 2.37. The van der Waals surface area contributed by atoms with Gasteiger partial charge in [-0.1, -0.05) is 6.58 Å². The van der Waals surface area contributed by atoms with Crippen LogP contribution in [0.2, 0.25) is 0 Å². The van der Waals surface area contributed by atoms with E-state index in [4.69, 9.17) is 0 Å². The van der Waals surface area contributed by atoms with Gasteiger partial charge in [0.25, 0.3) is 0 Å². The van der Waals surface area contributed by atoms with Gasteiger partial charge in [-0.15, -0.1) is 4.80 Å². The zero-order chi connectivity index (χ0) is 6.69. The highest BCUT2D eigenvalue weighted by Gasteiger charge is 1.90. The number of hydrogen-bond donors (Lipinski definition) is 0. The second-order valence-electron chi connectivity index (χ2n) is 1.39. The summed E-state index contributed by atoms with van der Waals surface area (Å²) in [6, 6.07) is 0. The molecule has 0 aliphatic rings. The summed E-state index contributed by atoms with van der Waals surface area (Å²) in [5.41, 5.74) is 0. The van der Waals surface area contributed by atoms with Gasteiger partial charge in [0, 0.05) is 0 Å². The lowest BCUT2D eigenvalue weighted by Crippen LogP contribution is -1.96. The second-order valence-corrected chi connectivity index (χ2v) is 1.39. The van der Waals surface area contributed by atoms with Gasteiger partial charge in [-0.25, -0.2) is 4.99 Å². The molecule has 0 N–H and O–H groups in total. The fourth-order valence-electron chi connectivity index (χ4n) is 0.412. The minimum atomic E-state index is 0.431. The molecule has 4 heteroatoms. The maximum absolute atomic E-state index is 3.76. The molecule has 0 atom stereocenters. The van der Waals surface area contributed by atoms with Crippen LogP contribution < -0.4 is 0 Å². The van der Waals surface area contributed by atoms with Gasteiger partial charge in [-0.05, 0) is 6.72 Å². The average molecular weight is 122 g/mol. The molecule has 0 unspecified atom stereocenters. The summed E-state index contributed by atoms with van der Waals surface area (Å²) >= 11 is 0. The maximum atomic E-state index is 3.76. The first-order chi connectivity index (χ1) is 4.34. The summed E-state index contributed by atoms with van der Waals surface area (Å²) in [5, 5.41) is 7.52. The van der Waals surface area contributed by atoms with Crippen LogP contribution in [0.15, 0.2) is 24.0 Å². The summed E-state index contributed by atoms with van der Waals surface area (Å²) in [5.74, 6) is 0.431. The van der Waals surface area contributed by atoms with Gasteiger partial charge in [0.1, 0.15) is 0 Å². The molecule has 1 heterocycles. The third-order valence-corrected chi connectivity index (χ3v) is 0.832. The van der Waals surface area contributed by atoms with Gasteiger partial charge in [0.2, 0.25) is 0 Å². The number of hydrogen-bond acceptors (Lipinski definition) is 3. The fourth-order valence-corrected chi connectivity index (χ4v) is 0.412. The normalized spacial score (nSPS) is 8.89. The van der Waals surface area contributed by atoms with E-state index >= 15 is 0 Å². The standard InChI is InChI=1S/C5H6N4/c1-5(6-2)9-7-3-4-8-9/h3-4H,1-2H2. The third-order valence-electron chi connectivity index (χ3n) is 0.832. The fraction of sp³-hybridized carbons (Fsp3) is 0. The predicted octanol–water partition coefficient (Wildman–Crippen LogP) is 0.407. The Labute approximate surface area is 52.5 Å². The molecule has 9 heavy (non-hydrogen) atoms. The molecule has 0 bridgehead atoms. The van der Waals surface area contributed by atoms with E-state index in [0.29, 0.717) is 5.82 Å². The van der Waals surface area contributed by atoms with Crippen molar-refractivity contribution in [1.29, 1.82) is 0 Å². The minimum Gasteiger partial charge on any atom is -0.244 e. The van der Waals surface area contributed by atoms with E-state index in [-0.39, 0.29) is 0 Å². The van der Waals surface area contributed by atoms with Crippen molar-refractivity contribution in [2.75, 3.05) is 0 Å². The van der Waals surface area contributed by atoms with E-state index in [1.165, 1.54) is 4.80 Å². The Morgan fingerprint density at radius 3 is 2.44 bits per heavy atom. The lowest BCUT2D eigenvalue weighted by Gasteiger charge is -1.91. The highest BCUT2D eigenvalue weighted by atomic mass is 15.5. The molecule has 46 valence electrons. The molecule has 4 nitrogen and oxygen atoms in total. The molecule has 0 aliphatic carbocycles. The van der Waals surface area contributed by atoms with Gasteiger partial charge in [-0.3, -0.25) is 0 Å². The Balaban J connectivity index is 2.89. The molecule has 0 fully saturated rings. The van der Waals surface area contributed by atoms with Crippen molar-refractivity contribution in [1.82, 2.24) is 15.0 Å². The molecule has 0 aliphatic heterocycles. The molecule has 1 aromatic heterocycles. The Morgan fingerprint density at radius 2 is 2.00 bits per heavy atom. The quantitative estimate of drug-likeness (QED) is 0.533. The topological polar surface area (TPSA) is 43.1 Å². The smallest absolute Gasteiger partial charge is 0.166 e. The summed E-state index contributed by atoms with van der Waals surface area (Å²) in [6.07, 6.45) is 3.10. The lowest BCUT2D eigenvalue weighted by atomic mass is 10.8. The molecular weight excluding hydrogens is 116 g/mol. The molecular formula is C5H6N4. The van der Waals surface area contributed by atoms with Crippen LogP contribution in [-0.4, -0.2) is 21.7 Å². The van der Waals surface area contributed by atoms with Crippen LogP contribution >= 0.6 is 0 Å². The first-order valence-corrected chi connectivity index (χ1v) is 2.37. The van der Waals surface area contributed by atoms with Crippen LogP contribution in [0.25, 0.3) is 5.82 Å². The zero-order valence-electron chi connectivity index (χ0n) is 4.86. The van der Waals surface area contributed by atoms with Crippen molar-refractivity contribution >= 4 is 12.5 Å². The van der Waals surface area contributed by atoms with Crippen LogP contribution in [0, 0.1) is 0 Å². The molecule has 0 saturated carbocycles. The summed E-state index contributed by atoms with van der Waals surface area (Å²) < 4.78 is 0. The molecule has 1 aromatic rings. The number of nitrogens with zero attached hydrogens (tertiary/aromatic N) is 4. The van der Waals surface area contributed by atoms with Crippen LogP contribution in [0.1, 0.15) is 0 Å². The van der Waals surface area contributed by atoms with Gasteiger partial charge >= 0.3 is 0 Å². The number of rotatable bonds is 2. The molecule has 0 amide bonds. The second kappa shape index (κ2) is 2.21. The summed E-state index contributed by atoms with van der Waals surface area (Å²) in [7, 11) is 0. The van der Waals surface area contributed by atoms with Crippen molar-refractivity contribution in [3.63, 3.8) is 0 Å². The van der Waals surface area contributed by atoms with Crippen LogP contribution in [0.5, 0.6) is 0 Å². The number of aliphatic imine (C=N–C) groups is 1. The minimum absolute atomic E-state index is 0.431.